The number of hydrogen-bond acceptors (Lipinski definition) is 3. The highest BCUT2D eigenvalue weighted by Gasteiger charge is 2.20. The van der Waals surface area contributed by atoms with Crippen LogP contribution in [0.5, 0.6) is 0 Å². The first-order chi connectivity index (χ1) is 8.24. The fourth-order valence-electron chi connectivity index (χ4n) is 2.38. The Labute approximate surface area is 100 Å². The largest absolute Gasteiger partial charge is 0.399 e. The predicted octanol–water partition coefficient (Wildman–Crippen LogP) is 2.11. The molecule has 0 saturated heterocycles. The number of aromatic nitrogens is 3. The number of rotatable bonds is 1. The van der Waals surface area contributed by atoms with Gasteiger partial charge in [-0.3, -0.25) is 0 Å². The van der Waals surface area contributed by atoms with Gasteiger partial charge in [0.25, 0.3) is 0 Å². The molecule has 17 heavy (non-hydrogen) atoms. The summed E-state index contributed by atoms with van der Waals surface area (Å²) in [6.45, 7) is 3.28. The summed E-state index contributed by atoms with van der Waals surface area (Å²) in [7, 11) is 0. The summed E-state index contributed by atoms with van der Waals surface area (Å²) in [5.41, 5.74) is 7.63. The molecule has 2 heterocycles. The van der Waals surface area contributed by atoms with Crippen LogP contribution in [0, 0.1) is 5.92 Å². The Morgan fingerprint density at radius 2 is 2.24 bits per heavy atom. The maximum Gasteiger partial charge on any atom is 0.164 e. The lowest BCUT2D eigenvalue weighted by Gasteiger charge is -2.20. The van der Waals surface area contributed by atoms with Gasteiger partial charge in [-0.25, -0.2) is 0 Å². The van der Waals surface area contributed by atoms with Crippen LogP contribution in [0.3, 0.4) is 0 Å². The Kier molecular flexibility index (Phi) is 2.35. The molecule has 4 nitrogen and oxygen atoms in total. The maximum atomic E-state index is 5.81. The lowest BCUT2D eigenvalue weighted by molar-refractivity contribution is 0.396. The maximum absolute atomic E-state index is 5.81. The molecule has 1 aliphatic rings. The first kappa shape index (κ1) is 10.3. The Morgan fingerprint density at radius 3 is 3.06 bits per heavy atom. The Balaban J connectivity index is 2.07. The number of anilines is 1. The molecule has 0 aliphatic carbocycles. The molecule has 2 N–H and O–H groups in total. The van der Waals surface area contributed by atoms with E-state index in [-0.39, 0.29) is 0 Å². The molecular weight excluding hydrogens is 212 g/mol. The van der Waals surface area contributed by atoms with E-state index in [4.69, 9.17) is 5.73 Å². The van der Waals surface area contributed by atoms with E-state index in [1.165, 1.54) is 6.42 Å². The van der Waals surface area contributed by atoms with Gasteiger partial charge in [0.15, 0.2) is 5.82 Å². The average molecular weight is 228 g/mol. The molecule has 88 valence electrons. The van der Waals surface area contributed by atoms with E-state index in [2.05, 4.69) is 21.7 Å². The van der Waals surface area contributed by atoms with Gasteiger partial charge in [0.2, 0.25) is 0 Å². The molecule has 1 atom stereocenters. The van der Waals surface area contributed by atoms with Gasteiger partial charge in [-0.05, 0) is 24.5 Å². The van der Waals surface area contributed by atoms with E-state index >= 15 is 0 Å². The van der Waals surface area contributed by atoms with Crippen molar-refractivity contribution in [1.29, 1.82) is 0 Å². The summed E-state index contributed by atoms with van der Waals surface area (Å²) in [6, 6.07) is 7.83. The van der Waals surface area contributed by atoms with Crippen LogP contribution >= 0.6 is 0 Å². The van der Waals surface area contributed by atoms with E-state index in [1.54, 1.807) is 0 Å². The van der Waals surface area contributed by atoms with Crippen molar-refractivity contribution in [3.05, 3.63) is 30.1 Å². The second-order valence-corrected chi connectivity index (χ2v) is 4.82. The molecule has 1 aromatic carbocycles. The molecular formula is C13H16N4. The second kappa shape index (κ2) is 3.87. The monoisotopic (exact) mass is 228 g/mol. The normalized spacial score (nSPS) is 19.0. The standard InChI is InChI=1S/C13H16N4/c1-9-5-6-12-15-16-13(17(12)8-9)10-3-2-4-11(14)7-10/h2-4,7,9H,5-6,8,14H2,1H3. The smallest absolute Gasteiger partial charge is 0.164 e. The van der Waals surface area contributed by atoms with Crippen LogP contribution in [0.15, 0.2) is 24.3 Å². The third-order valence-electron chi connectivity index (χ3n) is 3.33. The van der Waals surface area contributed by atoms with E-state index in [0.29, 0.717) is 5.92 Å². The van der Waals surface area contributed by atoms with Gasteiger partial charge in [0.05, 0.1) is 0 Å². The van der Waals surface area contributed by atoms with Crippen molar-refractivity contribution in [2.75, 3.05) is 5.73 Å². The van der Waals surface area contributed by atoms with Crippen molar-refractivity contribution >= 4 is 5.69 Å². The molecule has 0 bridgehead atoms. The molecule has 4 heteroatoms. The highest BCUT2D eigenvalue weighted by molar-refractivity contribution is 5.61. The van der Waals surface area contributed by atoms with Gasteiger partial charge in [-0.15, -0.1) is 10.2 Å². The quantitative estimate of drug-likeness (QED) is 0.760. The third kappa shape index (κ3) is 1.79. The molecule has 2 aromatic rings. The molecule has 0 spiro atoms. The Morgan fingerprint density at radius 1 is 1.35 bits per heavy atom. The molecule has 0 fully saturated rings. The fourth-order valence-corrected chi connectivity index (χ4v) is 2.38. The first-order valence-corrected chi connectivity index (χ1v) is 6.02. The van der Waals surface area contributed by atoms with Gasteiger partial charge < -0.3 is 10.3 Å². The van der Waals surface area contributed by atoms with Crippen LogP contribution < -0.4 is 5.73 Å². The van der Waals surface area contributed by atoms with E-state index in [0.717, 1.165) is 35.9 Å². The number of fused-ring (bicyclic) bond motifs is 1. The SMILES string of the molecule is CC1CCc2nnc(-c3cccc(N)c3)n2C1. The predicted molar refractivity (Wildman–Crippen MR) is 67.4 cm³/mol. The molecule has 1 aliphatic heterocycles. The van der Waals surface area contributed by atoms with Crippen LogP contribution in [-0.2, 0) is 13.0 Å². The minimum atomic E-state index is 0.693. The van der Waals surface area contributed by atoms with Crippen LogP contribution in [-0.4, -0.2) is 14.8 Å². The zero-order chi connectivity index (χ0) is 11.8. The van der Waals surface area contributed by atoms with Crippen LogP contribution in [0.4, 0.5) is 5.69 Å². The number of nitrogens with zero attached hydrogens (tertiary/aromatic N) is 3. The highest BCUT2D eigenvalue weighted by atomic mass is 15.3. The van der Waals surface area contributed by atoms with Crippen molar-refractivity contribution in [3.8, 4) is 11.4 Å². The Bertz CT molecular complexity index is 544. The topological polar surface area (TPSA) is 56.7 Å². The summed E-state index contributed by atoms with van der Waals surface area (Å²) < 4.78 is 2.23. The molecule has 1 aromatic heterocycles. The fraction of sp³-hybridized carbons (Fsp3) is 0.385. The van der Waals surface area contributed by atoms with Gasteiger partial charge in [-0.1, -0.05) is 19.1 Å². The number of benzene rings is 1. The van der Waals surface area contributed by atoms with E-state index < -0.39 is 0 Å². The van der Waals surface area contributed by atoms with Crippen molar-refractivity contribution in [3.63, 3.8) is 0 Å². The van der Waals surface area contributed by atoms with Crippen molar-refractivity contribution in [2.24, 2.45) is 5.92 Å². The minimum absolute atomic E-state index is 0.693. The van der Waals surface area contributed by atoms with Gasteiger partial charge >= 0.3 is 0 Å². The number of aryl methyl sites for hydroxylation is 1. The summed E-state index contributed by atoms with van der Waals surface area (Å²) in [5, 5.41) is 8.57. The lowest BCUT2D eigenvalue weighted by Crippen LogP contribution is -2.18. The average Bonchev–Trinajstić information content (AvgIpc) is 2.71. The molecule has 1 unspecified atom stereocenters. The van der Waals surface area contributed by atoms with Gasteiger partial charge in [0.1, 0.15) is 5.82 Å². The zero-order valence-corrected chi connectivity index (χ0v) is 9.93. The minimum Gasteiger partial charge on any atom is -0.399 e. The van der Waals surface area contributed by atoms with Crippen molar-refractivity contribution in [2.45, 2.75) is 26.3 Å². The zero-order valence-electron chi connectivity index (χ0n) is 9.93. The van der Waals surface area contributed by atoms with E-state index in [9.17, 15) is 0 Å². The summed E-state index contributed by atoms with van der Waals surface area (Å²) in [4.78, 5) is 0. The van der Waals surface area contributed by atoms with Crippen molar-refractivity contribution < 1.29 is 0 Å². The van der Waals surface area contributed by atoms with Crippen LogP contribution in [0.1, 0.15) is 19.2 Å². The number of nitrogens with two attached hydrogens (primary N) is 1. The summed E-state index contributed by atoms with van der Waals surface area (Å²) in [6.07, 6.45) is 2.23. The lowest BCUT2D eigenvalue weighted by atomic mass is 10.0. The van der Waals surface area contributed by atoms with Crippen LogP contribution in [0.25, 0.3) is 11.4 Å². The first-order valence-electron chi connectivity index (χ1n) is 6.02. The third-order valence-corrected chi connectivity index (χ3v) is 3.33. The molecule has 0 radical (unpaired) electrons. The van der Waals surface area contributed by atoms with Crippen LogP contribution in [0.2, 0.25) is 0 Å². The molecule has 3 rings (SSSR count). The molecule has 0 saturated carbocycles. The Hall–Kier alpha value is -1.84. The van der Waals surface area contributed by atoms with Crippen molar-refractivity contribution in [1.82, 2.24) is 14.8 Å². The summed E-state index contributed by atoms with van der Waals surface area (Å²) >= 11 is 0. The number of hydrogen-bond donors (Lipinski definition) is 1. The second-order valence-electron chi connectivity index (χ2n) is 4.82. The van der Waals surface area contributed by atoms with E-state index in [1.807, 2.05) is 24.3 Å². The summed E-state index contributed by atoms with van der Waals surface area (Å²) in [5.74, 6) is 2.73. The highest BCUT2D eigenvalue weighted by Crippen LogP contribution is 2.26. The van der Waals surface area contributed by atoms with Gasteiger partial charge in [-0.2, -0.15) is 0 Å². The van der Waals surface area contributed by atoms with Gasteiger partial charge in [0, 0.05) is 24.2 Å². The molecule has 0 amide bonds. The number of nitrogen functional groups attached to an aromatic ring is 1.